The van der Waals surface area contributed by atoms with E-state index < -0.39 is 0 Å². The number of aromatic hydroxyl groups is 2. The van der Waals surface area contributed by atoms with E-state index >= 15 is 0 Å². The van der Waals surface area contributed by atoms with E-state index in [2.05, 4.69) is 10.6 Å². The molecule has 0 atom stereocenters. The Labute approximate surface area is 222 Å². The van der Waals surface area contributed by atoms with Gasteiger partial charge in [-0.05, 0) is 58.3 Å². The number of benzene rings is 4. The van der Waals surface area contributed by atoms with Crippen LogP contribution >= 0.6 is 0 Å². The number of fused-ring (bicyclic) bond motifs is 1. The van der Waals surface area contributed by atoms with Crippen LogP contribution in [-0.2, 0) is 26.2 Å². The molecule has 0 saturated carbocycles. The van der Waals surface area contributed by atoms with Crippen molar-refractivity contribution < 1.29 is 29.2 Å². The van der Waals surface area contributed by atoms with Gasteiger partial charge in [0.2, 0.25) is 0 Å². The first kappa shape index (κ1) is 26.9. The van der Waals surface area contributed by atoms with Gasteiger partial charge in [-0.2, -0.15) is 0 Å². The van der Waals surface area contributed by atoms with E-state index in [1.807, 2.05) is 48.5 Å². The highest BCUT2D eigenvalue weighted by Crippen LogP contribution is 2.34. The number of phenolic OH excluding ortho intramolecular Hbond substituents is 2. The Morgan fingerprint density at radius 3 is 1.26 bits per heavy atom. The van der Waals surface area contributed by atoms with E-state index in [9.17, 15) is 10.2 Å². The fourth-order valence-electron chi connectivity index (χ4n) is 4.52. The minimum Gasteiger partial charge on any atom is -0.508 e. The normalized spacial score (nSPS) is 10.9. The molecule has 0 heterocycles. The molecular weight excluding hydrogens is 484 g/mol. The van der Waals surface area contributed by atoms with Crippen molar-refractivity contribution in [2.45, 2.75) is 26.2 Å². The van der Waals surface area contributed by atoms with Crippen LogP contribution in [0.4, 0.5) is 0 Å². The summed E-state index contributed by atoms with van der Waals surface area (Å²) in [5.74, 6) is 3.09. The average Bonchev–Trinajstić information content (AvgIpc) is 2.94. The Bertz CT molecular complexity index is 1300. The van der Waals surface area contributed by atoms with Gasteiger partial charge in [0.1, 0.15) is 11.5 Å². The third kappa shape index (κ3) is 5.88. The summed E-state index contributed by atoms with van der Waals surface area (Å²) >= 11 is 0. The molecular formula is C30H34N2O6. The number of rotatable bonds is 12. The second-order valence-electron chi connectivity index (χ2n) is 8.81. The summed E-state index contributed by atoms with van der Waals surface area (Å²) in [5.41, 5.74) is 3.59. The molecule has 0 aromatic heterocycles. The first-order valence-corrected chi connectivity index (χ1v) is 12.3. The molecule has 0 fully saturated rings. The first-order valence-electron chi connectivity index (χ1n) is 12.3. The quantitative estimate of drug-likeness (QED) is 0.211. The predicted molar refractivity (Wildman–Crippen MR) is 147 cm³/mol. The van der Waals surface area contributed by atoms with Crippen LogP contribution in [0.5, 0.6) is 34.5 Å². The Hall–Kier alpha value is -4.14. The lowest BCUT2D eigenvalue weighted by molar-refractivity contribution is 0.354. The maximum absolute atomic E-state index is 10.7. The standard InChI is InChI=1S/C30H34N2O6/c1-35-27-11-5-19(13-29(27)37-3)15-31-17-23-21-7-10-26(34)24(22(21)8-9-25(23)33)18-32-16-20-6-12-28(36-2)30(14-20)38-4/h5-14,31-34H,15-18H2,1-4H3. The number of ether oxygens (including phenoxy) is 4. The van der Waals surface area contributed by atoms with E-state index in [1.54, 1.807) is 40.6 Å². The van der Waals surface area contributed by atoms with E-state index in [0.29, 0.717) is 49.2 Å². The molecule has 0 aliphatic carbocycles. The highest BCUT2D eigenvalue weighted by Gasteiger charge is 2.14. The Morgan fingerprint density at radius 2 is 0.895 bits per heavy atom. The van der Waals surface area contributed by atoms with E-state index in [-0.39, 0.29) is 11.5 Å². The molecule has 8 heteroatoms. The van der Waals surface area contributed by atoms with Crippen LogP contribution in [0.15, 0.2) is 60.7 Å². The maximum atomic E-state index is 10.7. The van der Waals surface area contributed by atoms with Crippen LogP contribution in [-0.4, -0.2) is 38.7 Å². The van der Waals surface area contributed by atoms with Gasteiger partial charge in [0.05, 0.1) is 28.4 Å². The number of hydrogen-bond acceptors (Lipinski definition) is 8. The largest absolute Gasteiger partial charge is 0.508 e. The topological polar surface area (TPSA) is 101 Å². The third-order valence-corrected chi connectivity index (χ3v) is 6.53. The molecule has 4 aromatic carbocycles. The highest BCUT2D eigenvalue weighted by atomic mass is 16.5. The summed E-state index contributed by atoms with van der Waals surface area (Å²) in [4.78, 5) is 0. The molecule has 0 aliphatic rings. The Balaban J connectivity index is 1.49. The molecule has 0 spiro atoms. The fourth-order valence-corrected chi connectivity index (χ4v) is 4.52. The SMILES string of the molecule is COc1ccc(CNCc2c(O)ccc3c(CNCc4ccc(OC)c(OC)c4)c(O)ccc23)cc1OC. The molecule has 38 heavy (non-hydrogen) atoms. The molecule has 0 saturated heterocycles. The monoisotopic (exact) mass is 518 g/mol. The van der Waals surface area contributed by atoms with Crippen LogP contribution in [0.25, 0.3) is 10.8 Å². The minimum absolute atomic E-state index is 0.201. The zero-order valence-electron chi connectivity index (χ0n) is 22.1. The van der Waals surface area contributed by atoms with E-state index in [4.69, 9.17) is 18.9 Å². The number of nitrogens with one attached hydrogen (secondary N) is 2. The molecule has 200 valence electrons. The molecule has 0 unspecified atom stereocenters. The van der Waals surface area contributed by atoms with Gasteiger partial charge in [-0.25, -0.2) is 0 Å². The first-order chi connectivity index (χ1) is 18.5. The molecule has 0 amide bonds. The van der Waals surface area contributed by atoms with Gasteiger partial charge in [-0.15, -0.1) is 0 Å². The van der Waals surface area contributed by atoms with Crippen molar-refractivity contribution in [3.63, 3.8) is 0 Å². The van der Waals surface area contributed by atoms with Gasteiger partial charge >= 0.3 is 0 Å². The zero-order chi connectivity index (χ0) is 27.1. The lowest BCUT2D eigenvalue weighted by atomic mass is 9.98. The lowest BCUT2D eigenvalue weighted by Gasteiger charge is -2.16. The van der Waals surface area contributed by atoms with Crippen molar-refractivity contribution in [1.29, 1.82) is 0 Å². The minimum atomic E-state index is 0.201. The molecule has 8 nitrogen and oxygen atoms in total. The van der Waals surface area contributed by atoms with Crippen LogP contribution < -0.4 is 29.6 Å². The summed E-state index contributed by atoms with van der Waals surface area (Å²) in [6.45, 7) is 2.05. The Kier molecular flexibility index (Phi) is 8.78. The molecule has 0 aliphatic heterocycles. The van der Waals surface area contributed by atoms with Gasteiger partial charge in [0.15, 0.2) is 23.0 Å². The van der Waals surface area contributed by atoms with Crippen LogP contribution in [0, 0.1) is 0 Å². The van der Waals surface area contributed by atoms with Gasteiger partial charge in [0, 0.05) is 37.3 Å². The van der Waals surface area contributed by atoms with Crippen molar-refractivity contribution in [1.82, 2.24) is 10.6 Å². The van der Waals surface area contributed by atoms with Crippen LogP contribution in [0.1, 0.15) is 22.3 Å². The van der Waals surface area contributed by atoms with Crippen molar-refractivity contribution in [3.8, 4) is 34.5 Å². The summed E-state index contributed by atoms with van der Waals surface area (Å²) in [6, 6.07) is 18.6. The number of phenols is 2. The Morgan fingerprint density at radius 1 is 0.500 bits per heavy atom. The van der Waals surface area contributed by atoms with Crippen LogP contribution in [0.2, 0.25) is 0 Å². The fraction of sp³-hybridized carbons (Fsp3) is 0.267. The lowest BCUT2D eigenvalue weighted by Crippen LogP contribution is -2.14. The van der Waals surface area contributed by atoms with E-state index in [1.165, 1.54) is 0 Å². The molecule has 4 N–H and O–H groups in total. The van der Waals surface area contributed by atoms with Crippen molar-refractivity contribution >= 4 is 10.8 Å². The molecule has 0 bridgehead atoms. The molecule has 4 rings (SSSR count). The van der Waals surface area contributed by atoms with Gasteiger partial charge in [-0.1, -0.05) is 24.3 Å². The van der Waals surface area contributed by atoms with Crippen molar-refractivity contribution in [2.24, 2.45) is 0 Å². The summed E-state index contributed by atoms with van der Waals surface area (Å²) in [5, 5.41) is 29.9. The molecule has 0 radical (unpaired) electrons. The van der Waals surface area contributed by atoms with Gasteiger partial charge < -0.3 is 39.8 Å². The highest BCUT2D eigenvalue weighted by molar-refractivity contribution is 5.92. The average molecular weight is 519 g/mol. The second kappa shape index (κ2) is 12.4. The smallest absolute Gasteiger partial charge is 0.161 e. The summed E-state index contributed by atoms with van der Waals surface area (Å²) < 4.78 is 21.4. The third-order valence-electron chi connectivity index (χ3n) is 6.53. The summed E-state index contributed by atoms with van der Waals surface area (Å²) in [6.07, 6.45) is 0. The molecule has 4 aromatic rings. The number of methoxy groups -OCH3 is 4. The second-order valence-corrected chi connectivity index (χ2v) is 8.81. The van der Waals surface area contributed by atoms with E-state index in [0.717, 1.165) is 33.0 Å². The zero-order valence-corrected chi connectivity index (χ0v) is 22.1. The van der Waals surface area contributed by atoms with Crippen molar-refractivity contribution in [3.05, 3.63) is 82.9 Å². The van der Waals surface area contributed by atoms with Crippen LogP contribution in [0.3, 0.4) is 0 Å². The van der Waals surface area contributed by atoms with Crippen molar-refractivity contribution in [2.75, 3.05) is 28.4 Å². The summed E-state index contributed by atoms with van der Waals surface area (Å²) in [7, 11) is 6.44. The predicted octanol–water partition coefficient (Wildman–Crippen LogP) is 4.87. The maximum Gasteiger partial charge on any atom is 0.161 e. The van der Waals surface area contributed by atoms with Gasteiger partial charge in [-0.3, -0.25) is 0 Å². The number of hydrogen-bond donors (Lipinski definition) is 4. The van der Waals surface area contributed by atoms with Gasteiger partial charge in [0.25, 0.3) is 0 Å².